The molecule has 0 amide bonds. The van der Waals surface area contributed by atoms with Crippen LogP contribution in [0.3, 0.4) is 0 Å². The number of rotatable bonds is 4. The second-order valence-corrected chi connectivity index (χ2v) is 5.33. The van der Waals surface area contributed by atoms with E-state index in [4.69, 9.17) is 11.6 Å². The zero-order valence-corrected chi connectivity index (χ0v) is 12.1. The van der Waals surface area contributed by atoms with Crippen LogP contribution in [0.5, 0.6) is 0 Å². The van der Waals surface area contributed by atoms with Crippen LogP contribution in [0.2, 0.25) is 5.02 Å². The summed E-state index contributed by atoms with van der Waals surface area (Å²) in [6.45, 7) is 4.43. The van der Waals surface area contributed by atoms with E-state index in [0.29, 0.717) is 10.9 Å². The lowest BCUT2D eigenvalue weighted by molar-refractivity contribution is 0.282. The van der Waals surface area contributed by atoms with Crippen molar-refractivity contribution in [2.24, 2.45) is 0 Å². The number of halogens is 1. The fourth-order valence-corrected chi connectivity index (χ4v) is 2.40. The summed E-state index contributed by atoms with van der Waals surface area (Å²) >= 11 is 5.96. The molecule has 2 aromatic carbocycles. The molecule has 0 aliphatic carbocycles. The van der Waals surface area contributed by atoms with Gasteiger partial charge in [0, 0.05) is 5.02 Å². The first kappa shape index (κ1) is 14.1. The molecular formula is C17H19ClO. The summed E-state index contributed by atoms with van der Waals surface area (Å²) in [5, 5.41) is 10.1. The van der Waals surface area contributed by atoms with Crippen LogP contribution in [-0.2, 0) is 6.61 Å². The Morgan fingerprint density at radius 3 is 2.37 bits per heavy atom. The van der Waals surface area contributed by atoms with E-state index < -0.39 is 0 Å². The highest BCUT2D eigenvalue weighted by Crippen LogP contribution is 2.28. The highest BCUT2D eigenvalue weighted by molar-refractivity contribution is 6.30. The van der Waals surface area contributed by atoms with Gasteiger partial charge in [-0.25, -0.2) is 0 Å². The molecule has 2 rings (SSSR count). The molecule has 0 saturated heterocycles. The summed E-state index contributed by atoms with van der Waals surface area (Å²) in [7, 11) is 0. The molecule has 2 aromatic rings. The Morgan fingerprint density at radius 1 is 1.11 bits per heavy atom. The van der Waals surface area contributed by atoms with Crippen molar-refractivity contribution in [3.63, 3.8) is 0 Å². The molecule has 1 unspecified atom stereocenters. The predicted octanol–water partition coefficient (Wildman–Crippen LogP) is 5.01. The Labute approximate surface area is 119 Å². The minimum atomic E-state index is 0.00298. The third-order valence-corrected chi connectivity index (χ3v) is 3.88. The van der Waals surface area contributed by atoms with Gasteiger partial charge in [0.25, 0.3) is 0 Å². The lowest BCUT2D eigenvalue weighted by Gasteiger charge is -2.12. The van der Waals surface area contributed by atoms with Gasteiger partial charge in [0.05, 0.1) is 6.61 Å². The Hall–Kier alpha value is -1.31. The lowest BCUT2D eigenvalue weighted by atomic mass is 9.94. The summed E-state index contributed by atoms with van der Waals surface area (Å²) < 4.78 is 0. The Kier molecular flexibility index (Phi) is 4.62. The fourth-order valence-electron chi connectivity index (χ4n) is 2.20. The van der Waals surface area contributed by atoms with E-state index in [0.717, 1.165) is 23.1 Å². The normalized spacial score (nSPS) is 12.4. The quantitative estimate of drug-likeness (QED) is 0.831. The van der Waals surface area contributed by atoms with E-state index in [2.05, 4.69) is 38.1 Å². The third kappa shape index (κ3) is 3.17. The average molecular weight is 275 g/mol. The second-order valence-electron chi connectivity index (χ2n) is 4.89. The molecule has 0 heterocycles. The largest absolute Gasteiger partial charge is 0.392 e. The van der Waals surface area contributed by atoms with Gasteiger partial charge in [0.2, 0.25) is 0 Å². The molecule has 0 aliphatic rings. The maximum absolute atomic E-state index is 9.43. The van der Waals surface area contributed by atoms with Gasteiger partial charge >= 0.3 is 0 Å². The van der Waals surface area contributed by atoms with Gasteiger partial charge in [0.15, 0.2) is 0 Å². The van der Waals surface area contributed by atoms with Gasteiger partial charge in [-0.3, -0.25) is 0 Å². The standard InChI is InChI=1S/C17H19ClO/c1-3-12(2)13-4-6-14(7-5-13)17-9-8-16(18)10-15(17)11-19/h4-10,12,19H,3,11H2,1-2H3. The van der Waals surface area contributed by atoms with E-state index in [1.165, 1.54) is 5.56 Å². The average Bonchev–Trinajstić information content (AvgIpc) is 2.46. The molecule has 100 valence electrons. The van der Waals surface area contributed by atoms with Gasteiger partial charge in [-0.2, -0.15) is 0 Å². The van der Waals surface area contributed by atoms with Crippen LogP contribution >= 0.6 is 11.6 Å². The van der Waals surface area contributed by atoms with E-state index >= 15 is 0 Å². The SMILES string of the molecule is CCC(C)c1ccc(-c2ccc(Cl)cc2CO)cc1. The van der Waals surface area contributed by atoms with Crippen molar-refractivity contribution < 1.29 is 5.11 Å². The summed E-state index contributed by atoms with van der Waals surface area (Å²) in [5.41, 5.74) is 4.38. The van der Waals surface area contributed by atoms with E-state index in [-0.39, 0.29) is 6.61 Å². The second kappa shape index (κ2) is 6.23. The van der Waals surface area contributed by atoms with Crippen molar-refractivity contribution >= 4 is 11.6 Å². The lowest BCUT2D eigenvalue weighted by Crippen LogP contribution is -1.92. The maximum Gasteiger partial charge on any atom is 0.0688 e. The summed E-state index contributed by atoms with van der Waals surface area (Å²) in [6, 6.07) is 14.2. The number of benzene rings is 2. The van der Waals surface area contributed by atoms with Gasteiger partial charge in [-0.1, -0.05) is 55.8 Å². The Balaban J connectivity index is 2.37. The summed E-state index contributed by atoms with van der Waals surface area (Å²) in [4.78, 5) is 0. The minimum absolute atomic E-state index is 0.00298. The Morgan fingerprint density at radius 2 is 1.79 bits per heavy atom. The zero-order valence-electron chi connectivity index (χ0n) is 11.4. The van der Waals surface area contributed by atoms with Crippen LogP contribution in [0, 0.1) is 0 Å². The number of aliphatic hydroxyl groups is 1. The van der Waals surface area contributed by atoms with Crippen molar-refractivity contribution in [3.05, 3.63) is 58.6 Å². The minimum Gasteiger partial charge on any atom is -0.392 e. The van der Waals surface area contributed by atoms with Gasteiger partial charge < -0.3 is 5.11 Å². The molecule has 2 heteroatoms. The highest BCUT2D eigenvalue weighted by Gasteiger charge is 2.07. The van der Waals surface area contributed by atoms with E-state index in [1.807, 2.05) is 18.2 Å². The fraction of sp³-hybridized carbons (Fsp3) is 0.294. The molecule has 0 saturated carbocycles. The van der Waals surface area contributed by atoms with Crippen LogP contribution < -0.4 is 0 Å². The molecule has 1 nitrogen and oxygen atoms in total. The van der Waals surface area contributed by atoms with Gasteiger partial charge in [0.1, 0.15) is 0 Å². The first-order chi connectivity index (χ1) is 9.15. The van der Waals surface area contributed by atoms with Crippen molar-refractivity contribution in [2.75, 3.05) is 0 Å². The number of hydrogen-bond donors (Lipinski definition) is 1. The number of aliphatic hydroxyl groups excluding tert-OH is 1. The van der Waals surface area contributed by atoms with Crippen molar-refractivity contribution in [3.8, 4) is 11.1 Å². The molecule has 1 N–H and O–H groups in total. The maximum atomic E-state index is 9.43. The molecule has 1 atom stereocenters. The number of hydrogen-bond acceptors (Lipinski definition) is 1. The molecule has 19 heavy (non-hydrogen) atoms. The highest BCUT2D eigenvalue weighted by atomic mass is 35.5. The van der Waals surface area contributed by atoms with Crippen molar-refractivity contribution in [2.45, 2.75) is 32.8 Å². The Bertz CT molecular complexity index is 546. The van der Waals surface area contributed by atoms with Crippen molar-refractivity contribution in [1.29, 1.82) is 0 Å². The van der Waals surface area contributed by atoms with Crippen LogP contribution in [0.15, 0.2) is 42.5 Å². The smallest absolute Gasteiger partial charge is 0.0688 e. The molecule has 0 aliphatic heterocycles. The monoisotopic (exact) mass is 274 g/mol. The molecular weight excluding hydrogens is 256 g/mol. The molecule has 0 aromatic heterocycles. The summed E-state index contributed by atoms with van der Waals surface area (Å²) in [5.74, 6) is 0.580. The van der Waals surface area contributed by atoms with Crippen molar-refractivity contribution in [1.82, 2.24) is 0 Å². The van der Waals surface area contributed by atoms with Gasteiger partial charge in [-0.05, 0) is 46.7 Å². The summed E-state index contributed by atoms with van der Waals surface area (Å²) in [6.07, 6.45) is 1.14. The van der Waals surface area contributed by atoms with Crippen LogP contribution in [0.4, 0.5) is 0 Å². The third-order valence-electron chi connectivity index (χ3n) is 3.64. The van der Waals surface area contributed by atoms with E-state index in [9.17, 15) is 5.11 Å². The first-order valence-corrected chi connectivity index (χ1v) is 7.03. The van der Waals surface area contributed by atoms with Gasteiger partial charge in [-0.15, -0.1) is 0 Å². The topological polar surface area (TPSA) is 20.2 Å². The zero-order chi connectivity index (χ0) is 13.8. The van der Waals surface area contributed by atoms with Crippen LogP contribution in [-0.4, -0.2) is 5.11 Å². The molecule has 0 bridgehead atoms. The molecule has 0 radical (unpaired) electrons. The van der Waals surface area contributed by atoms with E-state index in [1.54, 1.807) is 0 Å². The predicted molar refractivity (Wildman–Crippen MR) is 81.5 cm³/mol. The van der Waals surface area contributed by atoms with Crippen LogP contribution in [0.1, 0.15) is 37.3 Å². The van der Waals surface area contributed by atoms with Crippen LogP contribution in [0.25, 0.3) is 11.1 Å². The first-order valence-electron chi connectivity index (χ1n) is 6.65. The molecule has 0 fully saturated rings. The molecule has 0 spiro atoms.